The van der Waals surface area contributed by atoms with Crippen LogP contribution in [0.5, 0.6) is 0 Å². The third-order valence-electron chi connectivity index (χ3n) is 2.35. The number of hydrogen-bond donors (Lipinski definition) is 2. The van der Waals surface area contributed by atoms with Crippen molar-refractivity contribution in [1.29, 1.82) is 0 Å². The summed E-state index contributed by atoms with van der Waals surface area (Å²) in [6, 6.07) is 5.13. The van der Waals surface area contributed by atoms with Crippen molar-refractivity contribution in [3.05, 3.63) is 41.4 Å². The largest absolute Gasteiger partial charge is 0.323 e. The molecule has 1 aromatic carbocycles. The van der Waals surface area contributed by atoms with E-state index in [4.69, 9.17) is 17.3 Å². The maximum atomic E-state index is 11.8. The molecule has 1 amide bonds. The van der Waals surface area contributed by atoms with Crippen LogP contribution in [0.1, 0.15) is 5.56 Å². The number of halogens is 1. The molecule has 0 aliphatic rings. The minimum Gasteiger partial charge on any atom is -0.323 e. The Morgan fingerprint density at radius 3 is 3.05 bits per heavy atom. The predicted molar refractivity (Wildman–Crippen MR) is 76.0 cm³/mol. The van der Waals surface area contributed by atoms with Crippen molar-refractivity contribution >= 4 is 23.2 Å². The summed E-state index contributed by atoms with van der Waals surface area (Å²) in [6.07, 6.45) is 2.83. The van der Waals surface area contributed by atoms with Crippen LogP contribution in [0.3, 0.4) is 0 Å². The van der Waals surface area contributed by atoms with Gasteiger partial charge in [0.2, 0.25) is 5.91 Å². The fourth-order valence-electron chi connectivity index (χ4n) is 1.50. The zero-order valence-corrected chi connectivity index (χ0v) is 11.3. The number of hydrogen-bond acceptors (Lipinski definition) is 4. The topological polar surface area (TPSA) is 85.8 Å². The predicted octanol–water partition coefficient (Wildman–Crippen LogP) is 0.880. The highest BCUT2D eigenvalue weighted by atomic mass is 35.5. The van der Waals surface area contributed by atoms with Crippen LogP contribution in [0.4, 0.5) is 5.69 Å². The Labute approximate surface area is 120 Å². The van der Waals surface area contributed by atoms with E-state index in [1.54, 1.807) is 18.2 Å². The van der Waals surface area contributed by atoms with E-state index < -0.39 is 0 Å². The van der Waals surface area contributed by atoms with Crippen LogP contribution in [0.25, 0.3) is 0 Å². The van der Waals surface area contributed by atoms with Gasteiger partial charge in [-0.3, -0.25) is 4.79 Å². The molecule has 2 aromatic rings. The fourth-order valence-corrected chi connectivity index (χ4v) is 1.67. The highest BCUT2D eigenvalue weighted by molar-refractivity contribution is 6.33. The molecule has 7 heteroatoms. The Balaban J connectivity index is 2.09. The maximum absolute atomic E-state index is 11.8. The lowest BCUT2D eigenvalue weighted by molar-refractivity contribution is -0.116. The number of nitrogens with two attached hydrogens (primary N) is 1. The normalized spacial score (nSPS) is 9.70. The third kappa shape index (κ3) is 3.82. The molecule has 0 fully saturated rings. The molecule has 0 unspecified atom stereocenters. The van der Waals surface area contributed by atoms with Gasteiger partial charge in [0.25, 0.3) is 0 Å². The zero-order valence-electron chi connectivity index (χ0n) is 10.5. The molecule has 0 aliphatic carbocycles. The summed E-state index contributed by atoms with van der Waals surface area (Å²) >= 11 is 6.03. The van der Waals surface area contributed by atoms with Crippen LogP contribution in [0, 0.1) is 11.8 Å². The van der Waals surface area contributed by atoms with E-state index >= 15 is 0 Å². The van der Waals surface area contributed by atoms with Gasteiger partial charge in [-0.15, -0.1) is 0 Å². The molecule has 3 N–H and O–H groups in total. The highest BCUT2D eigenvalue weighted by Gasteiger charge is 2.07. The summed E-state index contributed by atoms with van der Waals surface area (Å²) < 4.78 is 1.42. The number of benzene rings is 1. The fraction of sp³-hybridized carbons (Fsp3) is 0.154. The van der Waals surface area contributed by atoms with Crippen LogP contribution in [-0.2, 0) is 11.3 Å². The monoisotopic (exact) mass is 289 g/mol. The van der Waals surface area contributed by atoms with E-state index in [0.29, 0.717) is 10.7 Å². The van der Waals surface area contributed by atoms with Crippen LogP contribution >= 0.6 is 11.6 Å². The Kier molecular flexibility index (Phi) is 4.71. The lowest BCUT2D eigenvalue weighted by Gasteiger charge is -2.07. The molecule has 2 rings (SSSR count). The molecule has 0 saturated heterocycles. The van der Waals surface area contributed by atoms with Gasteiger partial charge in [0.1, 0.15) is 19.2 Å². The smallest absolute Gasteiger partial charge is 0.246 e. The molecule has 6 nitrogen and oxygen atoms in total. The molecule has 0 atom stereocenters. The first-order valence-corrected chi connectivity index (χ1v) is 6.17. The van der Waals surface area contributed by atoms with E-state index in [1.165, 1.54) is 17.3 Å². The van der Waals surface area contributed by atoms with Crippen molar-refractivity contribution in [2.75, 3.05) is 11.9 Å². The number of amides is 1. The highest BCUT2D eigenvalue weighted by Crippen LogP contribution is 2.22. The van der Waals surface area contributed by atoms with Crippen molar-refractivity contribution in [1.82, 2.24) is 14.8 Å². The number of nitrogens with one attached hydrogen (secondary N) is 1. The second-order valence-corrected chi connectivity index (χ2v) is 4.25. The number of aromatic nitrogens is 3. The van der Waals surface area contributed by atoms with Crippen LogP contribution < -0.4 is 11.1 Å². The average molecular weight is 290 g/mol. The molecule has 0 bridgehead atoms. The summed E-state index contributed by atoms with van der Waals surface area (Å²) in [5.41, 5.74) is 6.55. The lowest BCUT2D eigenvalue weighted by Crippen LogP contribution is -2.19. The zero-order chi connectivity index (χ0) is 14.4. The Morgan fingerprint density at radius 2 is 2.35 bits per heavy atom. The van der Waals surface area contributed by atoms with Gasteiger partial charge in [0.05, 0.1) is 17.3 Å². The van der Waals surface area contributed by atoms with Crippen molar-refractivity contribution in [2.45, 2.75) is 6.54 Å². The first kappa shape index (κ1) is 14.1. The molecule has 0 spiro atoms. The van der Waals surface area contributed by atoms with E-state index in [9.17, 15) is 4.79 Å². The van der Waals surface area contributed by atoms with E-state index in [-0.39, 0.29) is 19.0 Å². The number of carbonyl (C=O) groups excluding carboxylic acids is 1. The molecule has 1 heterocycles. The molecule has 102 valence electrons. The number of nitrogens with zero attached hydrogens (tertiary/aromatic N) is 3. The average Bonchev–Trinajstić information content (AvgIpc) is 2.92. The molecule has 0 saturated carbocycles. The van der Waals surface area contributed by atoms with Crippen molar-refractivity contribution in [2.24, 2.45) is 5.73 Å². The van der Waals surface area contributed by atoms with Gasteiger partial charge in [0.15, 0.2) is 0 Å². The summed E-state index contributed by atoms with van der Waals surface area (Å²) in [5.74, 6) is 5.37. The molecular weight excluding hydrogens is 278 g/mol. The molecular formula is C13H12ClN5O. The van der Waals surface area contributed by atoms with Crippen molar-refractivity contribution in [3.8, 4) is 11.8 Å². The van der Waals surface area contributed by atoms with E-state index in [1.807, 2.05) is 0 Å². The van der Waals surface area contributed by atoms with Crippen LogP contribution in [0.15, 0.2) is 30.9 Å². The van der Waals surface area contributed by atoms with Gasteiger partial charge in [-0.05, 0) is 18.2 Å². The Morgan fingerprint density at radius 1 is 1.50 bits per heavy atom. The van der Waals surface area contributed by atoms with Gasteiger partial charge in [-0.1, -0.05) is 23.4 Å². The second-order valence-electron chi connectivity index (χ2n) is 3.84. The van der Waals surface area contributed by atoms with Crippen LogP contribution in [0.2, 0.25) is 5.02 Å². The van der Waals surface area contributed by atoms with E-state index in [2.05, 4.69) is 27.2 Å². The minimum atomic E-state index is -0.249. The van der Waals surface area contributed by atoms with Gasteiger partial charge in [-0.25, -0.2) is 9.67 Å². The Hall–Kier alpha value is -2.36. The van der Waals surface area contributed by atoms with Gasteiger partial charge in [0, 0.05) is 5.56 Å². The molecule has 20 heavy (non-hydrogen) atoms. The lowest BCUT2D eigenvalue weighted by atomic mass is 10.2. The minimum absolute atomic E-state index is 0.0645. The van der Waals surface area contributed by atoms with Crippen molar-refractivity contribution < 1.29 is 4.79 Å². The van der Waals surface area contributed by atoms with Gasteiger partial charge in [-0.2, -0.15) is 5.10 Å². The summed E-state index contributed by atoms with van der Waals surface area (Å²) in [6.45, 7) is 0.339. The second kappa shape index (κ2) is 6.70. The Bertz CT molecular complexity index is 657. The van der Waals surface area contributed by atoms with Gasteiger partial charge < -0.3 is 11.1 Å². The van der Waals surface area contributed by atoms with E-state index in [0.717, 1.165) is 5.56 Å². The van der Waals surface area contributed by atoms with Gasteiger partial charge >= 0.3 is 0 Å². The molecule has 1 aromatic heterocycles. The quantitative estimate of drug-likeness (QED) is 0.821. The summed E-state index contributed by atoms with van der Waals surface area (Å²) in [4.78, 5) is 15.6. The SMILES string of the molecule is NCC#Cc1ccc(Cl)c(NC(=O)Cn2cncn2)c1. The first-order valence-electron chi connectivity index (χ1n) is 5.80. The maximum Gasteiger partial charge on any atom is 0.246 e. The van der Waals surface area contributed by atoms with Crippen LogP contribution in [-0.4, -0.2) is 27.2 Å². The molecule has 0 radical (unpaired) electrons. The third-order valence-corrected chi connectivity index (χ3v) is 2.68. The summed E-state index contributed by atoms with van der Waals surface area (Å²) in [5, 5.41) is 7.00. The number of rotatable bonds is 3. The van der Waals surface area contributed by atoms with Crippen molar-refractivity contribution in [3.63, 3.8) is 0 Å². The molecule has 0 aliphatic heterocycles. The standard InChI is InChI=1S/C13H12ClN5O/c14-11-4-3-10(2-1-5-15)6-12(11)18-13(20)7-19-9-16-8-17-19/h3-4,6,8-9H,5,7,15H2,(H,18,20). The number of anilines is 1. The number of carbonyl (C=O) groups is 1. The first-order chi connectivity index (χ1) is 9.69. The summed E-state index contributed by atoms with van der Waals surface area (Å²) in [7, 11) is 0.